The van der Waals surface area contributed by atoms with Gasteiger partial charge in [-0.05, 0) is 38.0 Å². The van der Waals surface area contributed by atoms with Crippen LogP contribution in [-0.2, 0) is 4.74 Å². The first-order valence-electron chi connectivity index (χ1n) is 8.29. The third kappa shape index (κ3) is 2.78. The molecule has 6 nitrogen and oxygen atoms in total. The van der Waals surface area contributed by atoms with Gasteiger partial charge in [-0.1, -0.05) is 6.07 Å². The lowest BCUT2D eigenvalue weighted by Crippen LogP contribution is -2.54. The van der Waals surface area contributed by atoms with Crippen molar-refractivity contribution >= 4 is 5.91 Å². The highest BCUT2D eigenvalue weighted by molar-refractivity contribution is 5.92. The SMILES string of the molecule is Cc1ccc(C(=O)N2CCO[C@@H]3[C@@H](Oc4ccccn4)CC[C@H]32)o1. The summed E-state index contributed by atoms with van der Waals surface area (Å²) in [5.41, 5.74) is 0. The second kappa shape index (κ2) is 6.28. The van der Waals surface area contributed by atoms with Crippen molar-refractivity contribution in [2.45, 2.75) is 38.0 Å². The Hall–Kier alpha value is -2.34. The zero-order valence-electron chi connectivity index (χ0n) is 13.6. The van der Waals surface area contributed by atoms with E-state index in [1.54, 1.807) is 12.3 Å². The quantitative estimate of drug-likeness (QED) is 0.866. The molecule has 3 atom stereocenters. The Morgan fingerprint density at radius 3 is 2.96 bits per heavy atom. The molecule has 0 radical (unpaired) electrons. The van der Waals surface area contributed by atoms with E-state index in [9.17, 15) is 4.79 Å². The first-order chi connectivity index (χ1) is 11.7. The summed E-state index contributed by atoms with van der Waals surface area (Å²) in [5.74, 6) is 1.66. The minimum atomic E-state index is -0.124. The number of furan rings is 1. The van der Waals surface area contributed by atoms with Gasteiger partial charge in [0.15, 0.2) is 5.76 Å². The van der Waals surface area contributed by atoms with Crippen molar-refractivity contribution in [3.8, 4) is 5.88 Å². The third-order valence-electron chi connectivity index (χ3n) is 4.66. The van der Waals surface area contributed by atoms with Crippen molar-refractivity contribution in [3.63, 3.8) is 0 Å². The number of ether oxygens (including phenoxy) is 2. The van der Waals surface area contributed by atoms with Crippen LogP contribution < -0.4 is 4.74 Å². The number of pyridine rings is 1. The van der Waals surface area contributed by atoms with Gasteiger partial charge < -0.3 is 18.8 Å². The van der Waals surface area contributed by atoms with Gasteiger partial charge in [-0.3, -0.25) is 4.79 Å². The zero-order chi connectivity index (χ0) is 16.5. The van der Waals surface area contributed by atoms with E-state index < -0.39 is 0 Å². The molecule has 126 valence electrons. The molecule has 2 aliphatic rings. The summed E-state index contributed by atoms with van der Waals surface area (Å²) in [7, 11) is 0. The zero-order valence-corrected chi connectivity index (χ0v) is 13.6. The Balaban J connectivity index is 1.49. The van der Waals surface area contributed by atoms with Crippen LogP contribution in [0.25, 0.3) is 0 Å². The van der Waals surface area contributed by atoms with Crippen LogP contribution in [0.4, 0.5) is 0 Å². The van der Waals surface area contributed by atoms with Crippen molar-refractivity contribution in [2.75, 3.05) is 13.2 Å². The maximum Gasteiger partial charge on any atom is 0.289 e. The van der Waals surface area contributed by atoms with Gasteiger partial charge in [-0.25, -0.2) is 4.98 Å². The number of hydrogen-bond acceptors (Lipinski definition) is 5. The molecule has 3 heterocycles. The second-order valence-corrected chi connectivity index (χ2v) is 6.21. The lowest BCUT2D eigenvalue weighted by Gasteiger charge is -2.38. The standard InChI is InChI=1S/C18H20N2O4/c1-12-5-7-15(23-12)18(21)20-10-11-22-17-13(20)6-8-14(17)24-16-4-2-3-9-19-16/h2-5,7,9,13-14,17H,6,8,10-11H2,1H3/t13-,14+,17+/m1/s1. The topological polar surface area (TPSA) is 64.8 Å². The highest BCUT2D eigenvalue weighted by Gasteiger charge is 2.46. The number of carbonyl (C=O) groups excluding carboxylic acids is 1. The molecule has 2 aromatic heterocycles. The first kappa shape index (κ1) is 15.2. The van der Waals surface area contributed by atoms with E-state index >= 15 is 0 Å². The average Bonchev–Trinajstić information content (AvgIpc) is 3.22. The predicted octanol–water partition coefficient (Wildman–Crippen LogP) is 2.43. The average molecular weight is 328 g/mol. The smallest absolute Gasteiger partial charge is 0.289 e. The maximum absolute atomic E-state index is 12.7. The van der Waals surface area contributed by atoms with Crippen molar-refractivity contribution in [2.24, 2.45) is 0 Å². The number of rotatable bonds is 3. The fraction of sp³-hybridized carbons (Fsp3) is 0.444. The molecule has 1 saturated heterocycles. The predicted molar refractivity (Wildman–Crippen MR) is 85.9 cm³/mol. The molecule has 24 heavy (non-hydrogen) atoms. The van der Waals surface area contributed by atoms with Crippen LogP contribution in [0.1, 0.15) is 29.2 Å². The van der Waals surface area contributed by atoms with E-state index in [2.05, 4.69) is 4.98 Å². The largest absolute Gasteiger partial charge is 0.471 e. The molecule has 0 spiro atoms. The number of amides is 1. The molecule has 4 rings (SSSR count). The number of fused-ring (bicyclic) bond motifs is 1. The summed E-state index contributed by atoms with van der Waals surface area (Å²) < 4.78 is 17.4. The van der Waals surface area contributed by atoms with Gasteiger partial charge in [0.05, 0.1) is 12.6 Å². The molecule has 0 unspecified atom stereocenters. The lowest BCUT2D eigenvalue weighted by molar-refractivity contribution is -0.0798. The van der Waals surface area contributed by atoms with Crippen LogP contribution in [0, 0.1) is 6.92 Å². The molecule has 6 heteroatoms. The summed E-state index contributed by atoms with van der Waals surface area (Å²) >= 11 is 0. The van der Waals surface area contributed by atoms with Crippen LogP contribution in [0.2, 0.25) is 0 Å². The van der Waals surface area contributed by atoms with Crippen molar-refractivity contribution in [1.82, 2.24) is 9.88 Å². The minimum absolute atomic E-state index is 0.0189. The van der Waals surface area contributed by atoms with Gasteiger partial charge in [-0.15, -0.1) is 0 Å². The van der Waals surface area contributed by atoms with Crippen molar-refractivity contribution in [3.05, 3.63) is 48.0 Å². The van der Waals surface area contributed by atoms with Gasteiger partial charge in [-0.2, -0.15) is 0 Å². The molecule has 0 aromatic carbocycles. The van der Waals surface area contributed by atoms with E-state index in [1.165, 1.54) is 0 Å². The molecule has 1 saturated carbocycles. The fourth-order valence-electron chi connectivity index (χ4n) is 3.56. The molecule has 1 amide bonds. The number of aryl methyl sites for hydroxylation is 1. The van der Waals surface area contributed by atoms with Crippen LogP contribution >= 0.6 is 0 Å². The Morgan fingerprint density at radius 1 is 1.29 bits per heavy atom. The highest BCUT2D eigenvalue weighted by atomic mass is 16.5. The van der Waals surface area contributed by atoms with E-state index in [4.69, 9.17) is 13.9 Å². The monoisotopic (exact) mass is 328 g/mol. The van der Waals surface area contributed by atoms with Gasteiger partial charge >= 0.3 is 0 Å². The van der Waals surface area contributed by atoms with Crippen LogP contribution in [0.15, 0.2) is 40.9 Å². The number of morpholine rings is 1. The molecular weight excluding hydrogens is 308 g/mol. The Bertz CT molecular complexity index is 715. The van der Waals surface area contributed by atoms with Gasteiger partial charge in [0, 0.05) is 18.8 Å². The third-order valence-corrected chi connectivity index (χ3v) is 4.66. The molecule has 2 fully saturated rings. The normalized spacial score (nSPS) is 26.2. The summed E-state index contributed by atoms with van der Waals surface area (Å²) in [6.45, 7) is 2.93. The number of carbonyl (C=O) groups is 1. The van der Waals surface area contributed by atoms with Crippen LogP contribution in [-0.4, -0.2) is 47.2 Å². The number of hydrogen-bond donors (Lipinski definition) is 0. The van der Waals surface area contributed by atoms with Gasteiger partial charge in [0.2, 0.25) is 5.88 Å². The van der Waals surface area contributed by atoms with E-state index in [-0.39, 0.29) is 24.2 Å². The van der Waals surface area contributed by atoms with E-state index in [0.717, 1.165) is 18.6 Å². The first-order valence-corrected chi connectivity index (χ1v) is 8.29. The second-order valence-electron chi connectivity index (χ2n) is 6.21. The molecule has 1 aliphatic heterocycles. The summed E-state index contributed by atoms with van der Waals surface area (Å²) in [6.07, 6.45) is 3.19. The van der Waals surface area contributed by atoms with E-state index in [0.29, 0.717) is 24.8 Å². The Kier molecular flexibility index (Phi) is 3.98. The Labute approximate surface area is 140 Å². The van der Waals surface area contributed by atoms with Crippen LogP contribution in [0.3, 0.4) is 0 Å². The van der Waals surface area contributed by atoms with Gasteiger partial charge in [0.25, 0.3) is 5.91 Å². The molecule has 0 bridgehead atoms. The Morgan fingerprint density at radius 2 is 2.21 bits per heavy atom. The maximum atomic E-state index is 12.7. The van der Waals surface area contributed by atoms with Crippen molar-refractivity contribution in [1.29, 1.82) is 0 Å². The summed E-state index contributed by atoms with van der Waals surface area (Å²) in [4.78, 5) is 18.8. The van der Waals surface area contributed by atoms with Crippen molar-refractivity contribution < 1.29 is 18.7 Å². The lowest BCUT2D eigenvalue weighted by atomic mass is 10.1. The molecular formula is C18H20N2O4. The summed E-state index contributed by atoms with van der Waals surface area (Å²) in [5, 5.41) is 0. The summed E-state index contributed by atoms with van der Waals surface area (Å²) in [6, 6.07) is 9.15. The van der Waals surface area contributed by atoms with E-state index in [1.807, 2.05) is 36.1 Å². The minimum Gasteiger partial charge on any atom is -0.471 e. The molecule has 2 aromatic rings. The fourth-order valence-corrected chi connectivity index (χ4v) is 3.56. The molecule has 1 aliphatic carbocycles. The van der Waals surface area contributed by atoms with Gasteiger partial charge in [0.1, 0.15) is 18.0 Å². The number of aromatic nitrogens is 1. The van der Waals surface area contributed by atoms with Crippen LogP contribution in [0.5, 0.6) is 5.88 Å². The highest BCUT2D eigenvalue weighted by Crippen LogP contribution is 2.33. The molecule has 0 N–H and O–H groups in total. The number of nitrogens with zero attached hydrogens (tertiary/aromatic N) is 2.